The first-order valence-electron chi connectivity index (χ1n) is 7.75. The van der Waals surface area contributed by atoms with Crippen LogP contribution in [0.2, 0.25) is 0 Å². The number of sulfone groups is 1. The number of hydrogen-bond acceptors (Lipinski definition) is 5. The number of fused-ring (bicyclic) bond motifs is 1. The predicted octanol–water partition coefficient (Wildman–Crippen LogP) is 2.62. The molecule has 1 aromatic carbocycles. The molecule has 22 heavy (non-hydrogen) atoms. The van der Waals surface area contributed by atoms with Crippen molar-refractivity contribution in [3.8, 4) is 11.5 Å². The van der Waals surface area contributed by atoms with E-state index in [1.165, 1.54) is 13.2 Å². The second-order valence-corrected chi connectivity index (χ2v) is 7.94. The minimum absolute atomic E-state index is 0.0648. The van der Waals surface area contributed by atoms with Gasteiger partial charge in [0.2, 0.25) is 0 Å². The highest BCUT2D eigenvalue weighted by Gasteiger charge is 2.38. The van der Waals surface area contributed by atoms with Gasteiger partial charge in [-0.3, -0.25) is 0 Å². The molecule has 0 aliphatic carbocycles. The lowest BCUT2D eigenvalue weighted by atomic mass is 9.91. The summed E-state index contributed by atoms with van der Waals surface area (Å²) in [5.74, 6) is 0.227. The van der Waals surface area contributed by atoms with E-state index in [4.69, 9.17) is 4.74 Å². The van der Waals surface area contributed by atoms with E-state index in [-0.39, 0.29) is 16.4 Å². The topological polar surface area (TPSA) is 75.6 Å². The number of nitrogens with one attached hydrogen (secondary N) is 1. The number of rotatable bonds is 5. The van der Waals surface area contributed by atoms with E-state index >= 15 is 0 Å². The van der Waals surface area contributed by atoms with Crippen molar-refractivity contribution >= 4 is 9.84 Å². The van der Waals surface area contributed by atoms with E-state index in [0.717, 1.165) is 25.7 Å². The third kappa shape index (κ3) is 3.22. The molecule has 1 atom stereocenters. The third-order valence-corrected chi connectivity index (χ3v) is 6.49. The monoisotopic (exact) mass is 327 g/mol. The van der Waals surface area contributed by atoms with Crippen molar-refractivity contribution in [1.82, 2.24) is 5.32 Å². The summed E-state index contributed by atoms with van der Waals surface area (Å²) in [5, 5.41) is 13.4. The molecule has 1 aliphatic rings. The normalized spacial score (nSPS) is 23.6. The molecular formula is C16H25NO4S. The molecule has 0 bridgehead atoms. The Kier molecular flexibility index (Phi) is 5.02. The van der Waals surface area contributed by atoms with Gasteiger partial charge in [-0.25, -0.2) is 8.42 Å². The van der Waals surface area contributed by atoms with E-state index in [2.05, 4.69) is 12.2 Å². The summed E-state index contributed by atoms with van der Waals surface area (Å²) in [6.45, 7) is 4.58. The number of methoxy groups -OCH3 is 1. The van der Waals surface area contributed by atoms with Crippen molar-refractivity contribution in [2.75, 3.05) is 12.9 Å². The maximum Gasteiger partial charge on any atom is 0.180 e. The van der Waals surface area contributed by atoms with Crippen LogP contribution in [-0.4, -0.2) is 31.9 Å². The average molecular weight is 327 g/mol. The van der Waals surface area contributed by atoms with Crippen LogP contribution in [0.25, 0.3) is 0 Å². The van der Waals surface area contributed by atoms with Gasteiger partial charge < -0.3 is 15.2 Å². The number of benzene rings is 1. The average Bonchev–Trinajstić information content (AvgIpc) is 2.60. The predicted molar refractivity (Wildman–Crippen MR) is 86.1 cm³/mol. The van der Waals surface area contributed by atoms with Crippen molar-refractivity contribution in [1.29, 1.82) is 0 Å². The SMILES string of the molecule is CCCCC1(CC)CS(=O)(=O)c2cc(O)c(OC)cc2CN1. The molecule has 0 fully saturated rings. The molecule has 124 valence electrons. The fourth-order valence-corrected chi connectivity index (χ4v) is 5.19. The Hall–Kier alpha value is -1.27. The lowest BCUT2D eigenvalue weighted by Crippen LogP contribution is -2.48. The first-order valence-corrected chi connectivity index (χ1v) is 9.40. The highest BCUT2D eigenvalue weighted by molar-refractivity contribution is 7.91. The fraction of sp³-hybridized carbons (Fsp3) is 0.625. The summed E-state index contributed by atoms with van der Waals surface area (Å²) in [6.07, 6.45) is 3.60. The minimum atomic E-state index is -3.45. The molecular weight excluding hydrogens is 302 g/mol. The zero-order valence-corrected chi connectivity index (χ0v) is 14.3. The van der Waals surface area contributed by atoms with Gasteiger partial charge in [-0.05, 0) is 24.5 Å². The molecule has 5 nitrogen and oxygen atoms in total. The van der Waals surface area contributed by atoms with Crippen LogP contribution in [0.1, 0.15) is 45.1 Å². The second-order valence-electron chi connectivity index (χ2n) is 5.98. The van der Waals surface area contributed by atoms with Crippen molar-refractivity contribution in [2.24, 2.45) is 0 Å². The Morgan fingerprint density at radius 2 is 2.09 bits per heavy atom. The van der Waals surface area contributed by atoms with Crippen LogP contribution < -0.4 is 10.1 Å². The molecule has 0 aromatic heterocycles. The van der Waals surface area contributed by atoms with Crippen LogP contribution in [0.15, 0.2) is 17.0 Å². The van der Waals surface area contributed by atoms with Crippen LogP contribution in [0.3, 0.4) is 0 Å². The number of unbranched alkanes of at least 4 members (excludes halogenated alkanes) is 1. The number of aromatic hydroxyl groups is 1. The third-order valence-electron chi connectivity index (χ3n) is 4.50. The molecule has 0 saturated heterocycles. The molecule has 0 radical (unpaired) electrons. The summed E-state index contributed by atoms with van der Waals surface area (Å²) >= 11 is 0. The van der Waals surface area contributed by atoms with Crippen LogP contribution in [0.4, 0.5) is 0 Å². The Balaban J connectivity index is 2.47. The van der Waals surface area contributed by atoms with Gasteiger partial charge in [0.05, 0.1) is 17.8 Å². The molecule has 0 spiro atoms. The summed E-state index contributed by atoms with van der Waals surface area (Å²) in [5.41, 5.74) is 0.248. The largest absolute Gasteiger partial charge is 0.504 e. The number of ether oxygens (including phenoxy) is 1. The Morgan fingerprint density at radius 1 is 1.36 bits per heavy atom. The van der Waals surface area contributed by atoms with E-state index in [0.29, 0.717) is 17.9 Å². The summed E-state index contributed by atoms with van der Waals surface area (Å²) < 4.78 is 30.7. The molecule has 6 heteroatoms. The van der Waals surface area contributed by atoms with Crippen molar-refractivity contribution in [3.63, 3.8) is 0 Å². The van der Waals surface area contributed by atoms with Crippen LogP contribution >= 0.6 is 0 Å². The zero-order chi connectivity index (χ0) is 16.4. The van der Waals surface area contributed by atoms with Gasteiger partial charge in [-0.1, -0.05) is 26.7 Å². The van der Waals surface area contributed by atoms with Gasteiger partial charge in [-0.15, -0.1) is 0 Å². The lowest BCUT2D eigenvalue weighted by Gasteiger charge is -2.32. The standard InChI is InChI=1S/C16H25NO4S/c1-4-6-7-16(5-2)11-22(19,20)15-9-13(18)14(21-3)8-12(15)10-17-16/h8-9,17-18H,4-7,10-11H2,1-3H3. The molecule has 2 rings (SSSR count). The molecule has 0 amide bonds. The molecule has 1 unspecified atom stereocenters. The maximum absolute atomic E-state index is 12.8. The number of hydrogen-bond donors (Lipinski definition) is 2. The zero-order valence-electron chi connectivity index (χ0n) is 13.5. The molecule has 1 aromatic rings. The highest BCUT2D eigenvalue weighted by atomic mass is 32.2. The highest BCUT2D eigenvalue weighted by Crippen LogP contribution is 2.36. The van der Waals surface area contributed by atoms with Gasteiger partial charge >= 0.3 is 0 Å². The van der Waals surface area contributed by atoms with E-state index in [9.17, 15) is 13.5 Å². The molecule has 1 aliphatic heterocycles. The first kappa shape index (κ1) is 17.1. The van der Waals surface area contributed by atoms with Crippen molar-refractivity contribution in [3.05, 3.63) is 17.7 Å². The fourth-order valence-electron chi connectivity index (χ4n) is 3.04. The molecule has 0 saturated carbocycles. The number of phenolic OH excluding ortho intramolecular Hbond substituents is 1. The van der Waals surface area contributed by atoms with E-state index in [1.54, 1.807) is 6.07 Å². The molecule has 1 heterocycles. The Morgan fingerprint density at radius 3 is 2.68 bits per heavy atom. The number of phenols is 1. The summed E-state index contributed by atoms with van der Waals surface area (Å²) in [6, 6.07) is 2.93. The van der Waals surface area contributed by atoms with Crippen LogP contribution in [0.5, 0.6) is 11.5 Å². The van der Waals surface area contributed by atoms with Crippen LogP contribution in [0, 0.1) is 0 Å². The van der Waals surface area contributed by atoms with Gasteiger partial charge in [-0.2, -0.15) is 0 Å². The molecule has 2 N–H and O–H groups in total. The van der Waals surface area contributed by atoms with Gasteiger partial charge in [0.1, 0.15) is 0 Å². The smallest absolute Gasteiger partial charge is 0.180 e. The van der Waals surface area contributed by atoms with Crippen LogP contribution in [-0.2, 0) is 16.4 Å². The maximum atomic E-state index is 12.8. The van der Waals surface area contributed by atoms with E-state index < -0.39 is 15.4 Å². The second kappa shape index (κ2) is 6.46. The van der Waals surface area contributed by atoms with Crippen molar-refractivity contribution < 1.29 is 18.3 Å². The Labute approximate surface area is 132 Å². The van der Waals surface area contributed by atoms with E-state index in [1.807, 2.05) is 6.92 Å². The quantitative estimate of drug-likeness (QED) is 0.869. The van der Waals surface area contributed by atoms with Gasteiger partial charge in [0, 0.05) is 18.2 Å². The van der Waals surface area contributed by atoms with Gasteiger partial charge in [0.15, 0.2) is 21.3 Å². The van der Waals surface area contributed by atoms with Crippen molar-refractivity contribution in [2.45, 2.75) is 56.5 Å². The first-order chi connectivity index (χ1) is 10.4. The Bertz CT molecular complexity index is 642. The van der Waals surface area contributed by atoms with Gasteiger partial charge in [0.25, 0.3) is 0 Å². The minimum Gasteiger partial charge on any atom is -0.504 e. The summed E-state index contributed by atoms with van der Waals surface area (Å²) in [4.78, 5) is 0.213. The summed E-state index contributed by atoms with van der Waals surface area (Å²) in [7, 11) is -2.00. The lowest BCUT2D eigenvalue weighted by molar-refractivity contribution is 0.313.